The van der Waals surface area contributed by atoms with Crippen LogP contribution in [0.15, 0.2) is 24.3 Å². The zero-order valence-corrected chi connectivity index (χ0v) is 13.7. The Bertz CT molecular complexity index is 600. The van der Waals surface area contributed by atoms with Gasteiger partial charge in [-0.15, -0.1) is 4.65 Å². The van der Waals surface area contributed by atoms with Crippen LogP contribution >= 0.6 is 0 Å². The number of aliphatic hydroxyl groups is 1. The molecule has 0 radical (unpaired) electrons. The van der Waals surface area contributed by atoms with Gasteiger partial charge in [0, 0.05) is 25.3 Å². The molecule has 3 aliphatic heterocycles. The molecule has 6 nitrogen and oxygen atoms in total. The molecule has 0 aromatic heterocycles. The highest BCUT2D eigenvalue weighted by molar-refractivity contribution is 7.85. The number of benzene rings is 1. The SMILES string of the molecule is Fc1cccc(O[N+]23CCC(CC2)CC3)c1.O=S(=O)([O-])CCO. The molecule has 0 unspecified atom stereocenters. The highest BCUT2D eigenvalue weighted by atomic mass is 32.2. The largest absolute Gasteiger partial charge is 0.748 e. The number of fused-ring (bicyclic) bond motifs is 3. The van der Waals surface area contributed by atoms with Crippen molar-refractivity contribution in [2.75, 3.05) is 32.0 Å². The summed E-state index contributed by atoms with van der Waals surface area (Å²) in [5.74, 6) is 0.673. The topological polar surface area (TPSA) is 86.7 Å². The van der Waals surface area contributed by atoms with E-state index in [1.165, 1.54) is 31.4 Å². The Hall–Kier alpha value is -1.22. The van der Waals surface area contributed by atoms with Gasteiger partial charge < -0.3 is 14.5 Å². The molecular weight excluding hydrogens is 325 g/mol. The van der Waals surface area contributed by atoms with E-state index in [9.17, 15) is 17.4 Å². The van der Waals surface area contributed by atoms with Gasteiger partial charge in [-0.2, -0.15) is 0 Å². The molecule has 3 fully saturated rings. The monoisotopic (exact) mass is 347 g/mol. The van der Waals surface area contributed by atoms with Crippen LogP contribution in [0.5, 0.6) is 5.75 Å². The van der Waals surface area contributed by atoms with Crippen molar-refractivity contribution < 1.29 is 32.0 Å². The molecule has 4 rings (SSSR count). The van der Waals surface area contributed by atoms with Crippen LogP contribution in [-0.2, 0) is 10.1 Å². The van der Waals surface area contributed by atoms with Crippen LogP contribution in [0, 0.1) is 11.7 Å². The van der Waals surface area contributed by atoms with E-state index in [0.717, 1.165) is 25.6 Å². The predicted octanol–water partition coefficient (Wildman–Crippen LogP) is 1.27. The van der Waals surface area contributed by atoms with Crippen LogP contribution in [0.2, 0.25) is 0 Å². The summed E-state index contributed by atoms with van der Waals surface area (Å²) in [6, 6.07) is 6.49. The first-order chi connectivity index (χ1) is 10.8. The predicted molar refractivity (Wildman–Crippen MR) is 80.9 cm³/mol. The molecule has 3 aliphatic rings. The summed E-state index contributed by atoms with van der Waals surface area (Å²) in [5, 5.41) is 7.82. The van der Waals surface area contributed by atoms with Gasteiger partial charge in [0.2, 0.25) is 0 Å². The summed E-state index contributed by atoms with van der Waals surface area (Å²) < 4.78 is 42.3. The molecule has 0 saturated carbocycles. The van der Waals surface area contributed by atoms with Gasteiger partial charge in [0.05, 0.1) is 22.5 Å². The minimum absolute atomic E-state index is 0.220. The lowest BCUT2D eigenvalue weighted by Gasteiger charge is -2.45. The lowest BCUT2D eigenvalue weighted by Crippen LogP contribution is -2.60. The van der Waals surface area contributed by atoms with Gasteiger partial charge in [-0.25, -0.2) is 12.8 Å². The van der Waals surface area contributed by atoms with E-state index in [2.05, 4.69) is 0 Å². The second-order valence-electron chi connectivity index (χ2n) is 6.00. The highest BCUT2D eigenvalue weighted by Gasteiger charge is 2.42. The van der Waals surface area contributed by atoms with Crippen LogP contribution in [0.4, 0.5) is 4.39 Å². The van der Waals surface area contributed by atoms with Gasteiger partial charge in [-0.05, 0) is 18.1 Å². The summed E-state index contributed by atoms with van der Waals surface area (Å²) >= 11 is 0. The Labute approximate surface area is 135 Å². The third-order valence-corrected chi connectivity index (χ3v) is 4.95. The molecular formula is C15H22FNO5S. The standard InChI is InChI=1S/C13H17FNO.C2H6O4S/c14-12-2-1-3-13(10-12)16-15-7-4-11(5-8-15)6-9-15;3-1-2-7(4,5)6/h1-3,10-11H,4-9H2;3H,1-2H2,(H,4,5,6)/q+1;/p-1. The minimum atomic E-state index is -4.17. The van der Waals surface area contributed by atoms with Crippen molar-refractivity contribution in [3.8, 4) is 5.75 Å². The fourth-order valence-electron chi connectivity index (χ4n) is 3.02. The van der Waals surface area contributed by atoms with Crippen molar-refractivity contribution in [3.63, 3.8) is 0 Å². The van der Waals surface area contributed by atoms with E-state index in [1.807, 2.05) is 6.07 Å². The summed E-state index contributed by atoms with van der Waals surface area (Å²) in [4.78, 5) is 6.01. The van der Waals surface area contributed by atoms with E-state index in [4.69, 9.17) is 9.94 Å². The van der Waals surface area contributed by atoms with E-state index in [1.54, 1.807) is 6.07 Å². The Morgan fingerprint density at radius 1 is 1.26 bits per heavy atom. The zero-order valence-electron chi connectivity index (χ0n) is 12.9. The van der Waals surface area contributed by atoms with Gasteiger partial charge in [-0.3, -0.25) is 0 Å². The third-order valence-electron chi connectivity index (χ3n) is 4.27. The van der Waals surface area contributed by atoms with Crippen molar-refractivity contribution in [1.29, 1.82) is 0 Å². The van der Waals surface area contributed by atoms with Crippen molar-refractivity contribution in [1.82, 2.24) is 0 Å². The Morgan fingerprint density at radius 3 is 2.30 bits per heavy atom. The number of quaternary nitrogens is 1. The second-order valence-corrected chi connectivity index (χ2v) is 7.52. The third kappa shape index (κ3) is 5.72. The van der Waals surface area contributed by atoms with Crippen LogP contribution in [-0.4, -0.2) is 54.7 Å². The molecule has 0 aliphatic carbocycles. The number of hydrogen-bond donors (Lipinski definition) is 1. The smallest absolute Gasteiger partial charge is 0.193 e. The first-order valence-electron chi connectivity index (χ1n) is 7.68. The van der Waals surface area contributed by atoms with Gasteiger partial charge in [0.1, 0.15) is 25.5 Å². The van der Waals surface area contributed by atoms with E-state index in [0.29, 0.717) is 10.4 Å². The number of hydroxylamine groups is 3. The molecule has 0 atom stereocenters. The van der Waals surface area contributed by atoms with E-state index >= 15 is 0 Å². The fraction of sp³-hybridized carbons (Fsp3) is 0.600. The van der Waals surface area contributed by atoms with Crippen molar-refractivity contribution in [2.45, 2.75) is 19.3 Å². The van der Waals surface area contributed by atoms with Crippen LogP contribution in [0.1, 0.15) is 19.3 Å². The lowest BCUT2D eigenvalue weighted by molar-refractivity contribution is -1.09. The normalized spacial score (nSPS) is 26.3. The molecule has 23 heavy (non-hydrogen) atoms. The molecule has 1 aromatic carbocycles. The molecule has 8 heteroatoms. The molecule has 0 spiro atoms. The number of halogens is 1. The zero-order chi connectivity index (χ0) is 16.9. The quantitative estimate of drug-likeness (QED) is 0.655. The molecule has 1 aromatic rings. The number of piperidine rings is 3. The number of nitrogens with zero attached hydrogens (tertiary/aromatic N) is 1. The lowest BCUT2D eigenvalue weighted by atomic mass is 9.88. The van der Waals surface area contributed by atoms with E-state index < -0.39 is 22.5 Å². The maximum Gasteiger partial charge on any atom is 0.193 e. The second kappa shape index (κ2) is 7.57. The first-order valence-corrected chi connectivity index (χ1v) is 9.25. The van der Waals surface area contributed by atoms with Gasteiger partial charge >= 0.3 is 0 Å². The molecule has 0 amide bonds. The summed E-state index contributed by atoms with van der Waals surface area (Å²) in [7, 11) is -4.17. The van der Waals surface area contributed by atoms with Gasteiger partial charge in [-0.1, -0.05) is 6.07 Å². The minimum Gasteiger partial charge on any atom is -0.748 e. The molecule has 3 saturated heterocycles. The van der Waals surface area contributed by atoms with Crippen molar-refractivity contribution in [3.05, 3.63) is 30.1 Å². The summed E-state index contributed by atoms with van der Waals surface area (Å²) in [6.45, 7) is 2.66. The maximum atomic E-state index is 13.1. The molecule has 3 heterocycles. The average Bonchev–Trinajstić information content (AvgIpc) is 2.48. The highest BCUT2D eigenvalue weighted by Crippen LogP contribution is 2.34. The Kier molecular flexibility index (Phi) is 5.96. The molecule has 1 N–H and O–H groups in total. The fourth-order valence-corrected chi connectivity index (χ4v) is 3.24. The van der Waals surface area contributed by atoms with Crippen LogP contribution in [0.25, 0.3) is 0 Å². The Morgan fingerprint density at radius 2 is 1.87 bits per heavy atom. The van der Waals surface area contributed by atoms with E-state index in [-0.39, 0.29) is 5.82 Å². The van der Waals surface area contributed by atoms with Crippen LogP contribution in [0.3, 0.4) is 0 Å². The summed E-state index contributed by atoms with van der Waals surface area (Å²) in [5.41, 5.74) is 0. The number of rotatable bonds is 4. The molecule has 2 bridgehead atoms. The van der Waals surface area contributed by atoms with Crippen molar-refractivity contribution in [2.24, 2.45) is 5.92 Å². The maximum absolute atomic E-state index is 13.1. The average molecular weight is 347 g/mol. The molecule has 130 valence electrons. The number of hydrogen-bond acceptors (Lipinski definition) is 5. The van der Waals surface area contributed by atoms with Gasteiger partial charge in [0.25, 0.3) is 0 Å². The van der Waals surface area contributed by atoms with Crippen molar-refractivity contribution >= 4 is 10.1 Å². The number of aliphatic hydroxyl groups excluding tert-OH is 1. The van der Waals surface area contributed by atoms with Crippen LogP contribution < -0.4 is 4.84 Å². The first kappa shape index (κ1) is 18.1. The Balaban J connectivity index is 0.000000236. The summed E-state index contributed by atoms with van der Waals surface area (Å²) in [6.07, 6.45) is 3.78. The van der Waals surface area contributed by atoms with Gasteiger partial charge in [0.15, 0.2) is 5.75 Å².